The van der Waals surface area contributed by atoms with Crippen molar-refractivity contribution in [2.75, 3.05) is 0 Å². The molecule has 4 aromatic rings. The minimum Gasteiger partial charge on any atom is -0.478 e. The van der Waals surface area contributed by atoms with E-state index in [-0.39, 0.29) is 22.5 Å². The van der Waals surface area contributed by atoms with Crippen LogP contribution in [0.15, 0.2) is 59.0 Å². The average molecular weight is 373 g/mol. The second kappa shape index (κ2) is 6.85. The molecule has 0 atom stereocenters. The molecule has 0 saturated carbocycles. The number of nitrogens with one attached hydrogen (secondary N) is 1. The maximum Gasteiger partial charge on any atom is 0.336 e. The first-order chi connectivity index (χ1) is 13.5. The summed E-state index contributed by atoms with van der Waals surface area (Å²) in [5.74, 6) is -0.916. The summed E-state index contributed by atoms with van der Waals surface area (Å²) in [4.78, 5) is 18.8. The van der Waals surface area contributed by atoms with Crippen molar-refractivity contribution in [1.29, 1.82) is 5.26 Å². The third kappa shape index (κ3) is 3.15. The molecule has 0 fully saturated rings. The molecule has 2 heterocycles. The molecule has 0 aliphatic carbocycles. The summed E-state index contributed by atoms with van der Waals surface area (Å²) in [6, 6.07) is 16.1. The van der Waals surface area contributed by atoms with Crippen LogP contribution in [-0.2, 0) is 0 Å². The number of benzene rings is 2. The second-order valence-electron chi connectivity index (χ2n) is 5.97. The van der Waals surface area contributed by atoms with Gasteiger partial charge in [-0.15, -0.1) is 0 Å². The van der Waals surface area contributed by atoms with Crippen molar-refractivity contribution < 1.29 is 18.7 Å². The normalized spacial score (nSPS) is 11.5. The van der Waals surface area contributed by atoms with Gasteiger partial charge in [-0.1, -0.05) is 12.1 Å². The second-order valence-corrected chi connectivity index (χ2v) is 5.97. The first-order valence-corrected chi connectivity index (χ1v) is 8.25. The van der Waals surface area contributed by atoms with Gasteiger partial charge in [0, 0.05) is 11.6 Å². The monoisotopic (exact) mass is 373 g/mol. The van der Waals surface area contributed by atoms with Gasteiger partial charge in [0.1, 0.15) is 29.2 Å². The Labute approximate surface area is 158 Å². The van der Waals surface area contributed by atoms with Crippen molar-refractivity contribution in [3.05, 3.63) is 77.6 Å². The molecule has 0 saturated heterocycles. The maximum absolute atomic E-state index is 13.4. The molecule has 0 amide bonds. The number of fused-ring (bicyclic) bond motifs is 1. The number of hydrogen-bond donors (Lipinski definition) is 2. The van der Waals surface area contributed by atoms with Crippen LogP contribution >= 0.6 is 0 Å². The highest BCUT2D eigenvalue weighted by molar-refractivity contribution is 5.95. The molecule has 0 unspecified atom stereocenters. The molecule has 0 bridgehead atoms. The average Bonchev–Trinajstić information content (AvgIpc) is 3.32. The van der Waals surface area contributed by atoms with Gasteiger partial charge in [0.15, 0.2) is 0 Å². The Balaban J connectivity index is 1.73. The number of aromatic nitrogens is 2. The molecule has 4 rings (SSSR count). The number of nitriles is 1. The number of nitrogens with zero attached hydrogens (tertiary/aromatic N) is 2. The maximum atomic E-state index is 13.4. The number of carbonyl (C=O) groups is 1. The summed E-state index contributed by atoms with van der Waals surface area (Å²) in [5, 5.41) is 18.8. The van der Waals surface area contributed by atoms with E-state index in [9.17, 15) is 19.6 Å². The Morgan fingerprint density at radius 1 is 1.21 bits per heavy atom. The third-order valence-corrected chi connectivity index (χ3v) is 4.16. The Morgan fingerprint density at radius 2 is 2.04 bits per heavy atom. The van der Waals surface area contributed by atoms with Crippen molar-refractivity contribution in [2.45, 2.75) is 0 Å². The molecule has 7 heteroatoms. The molecule has 2 N–H and O–H groups in total. The number of allylic oxidation sites excluding steroid dienone is 1. The summed E-state index contributed by atoms with van der Waals surface area (Å²) in [5.41, 5.74) is 1.83. The number of hydrogen-bond acceptors (Lipinski definition) is 4. The molecule has 6 nitrogen and oxygen atoms in total. The summed E-state index contributed by atoms with van der Waals surface area (Å²) >= 11 is 0. The number of carboxylic acid groups (broad SMARTS) is 1. The number of furan rings is 1. The molecule has 0 aliphatic rings. The standard InChI is InChI=1S/C21H12FN3O3/c22-13-5-7-15(16(10-13)21(26)27)19-8-6-14(28-19)9-12(11-23)20-24-17-3-1-2-4-18(17)25-20/h1-10H,(H,24,25)(H,26,27)/b12-9+. The first-order valence-electron chi connectivity index (χ1n) is 8.25. The lowest BCUT2D eigenvalue weighted by molar-refractivity contribution is 0.0697. The summed E-state index contributed by atoms with van der Waals surface area (Å²) in [6.07, 6.45) is 1.51. The van der Waals surface area contributed by atoms with Gasteiger partial charge in [0.25, 0.3) is 0 Å². The van der Waals surface area contributed by atoms with Gasteiger partial charge in [-0.2, -0.15) is 5.26 Å². The number of H-pyrrole nitrogens is 1. The molecule has 136 valence electrons. The highest BCUT2D eigenvalue weighted by Gasteiger charge is 2.16. The quantitative estimate of drug-likeness (QED) is 0.504. The van der Waals surface area contributed by atoms with Gasteiger partial charge in [0.2, 0.25) is 0 Å². The van der Waals surface area contributed by atoms with E-state index < -0.39 is 11.8 Å². The summed E-state index contributed by atoms with van der Waals surface area (Å²) in [7, 11) is 0. The van der Waals surface area contributed by atoms with E-state index in [0.29, 0.717) is 11.6 Å². The van der Waals surface area contributed by atoms with Crippen LogP contribution < -0.4 is 0 Å². The number of rotatable bonds is 4. The molecule has 0 aliphatic heterocycles. The van der Waals surface area contributed by atoms with Gasteiger partial charge in [-0.3, -0.25) is 0 Å². The number of aromatic carboxylic acids is 1. The van der Waals surface area contributed by atoms with Crippen molar-refractivity contribution in [1.82, 2.24) is 9.97 Å². The SMILES string of the molecule is N#C/C(=C\c1ccc(-c2ccc(F)cc2C(=O)O)o1)c1nc2ccccc2[nH]1. The van der Waals surface area contributed by atoms with E-state index in [0.717, 1.165) is 23.2 Å². The van der Waals surface area contributed by atoms with Gasteiger partial charge in [0.05, 0.1) is 22.2 Å². The topological polar surface area (TPSA) is 103 Å². The van der Waals surface area contributed by atoms with Gasteiger partial charge >= 0.3 is 5.97 Å². The zero-order chi connectivity index (χ0) is 19.7. The number of carboxylic acids is 1. The van der Waals surface area contributed by atoms with Crippen LogP contribution in [-0.4, -0.2) is 21.0 Å². The van der Waals surface area contributed by atoms with Gasteiger partial charge in [-0.25, -0.2) is 14.2 Å². The van der Waals surface area contributed by atoms with E-state index in [2.05, 4.69) is 16.0 Å². The van der Waals surface area contributed by atoms with Crippen LogP contribution in [0.1, 0.15) is 21.9 Å². The van der Waals surface area contributed by atoms with Gasteiger partial charge < -0.3 is 14.5 Å². The van der Waals surface area contributed by atoms with Crippen molar-refractivity contribution in [3.63, 3.8) is 0 Å². The smallest absolute Gasteiger partial charge is 0.336 e. The number of halogens is 1. The summed E-state index contributed by atoms with van der Waals surface area (Å²) in [6.45, 7) is 0. The Morgan fingerprint density at radius 3 is 2.79 bits per heavy atom. The fourth-order valence-corrected chi connectivity index (χ4v) is 2.86. The van der Waals surface area contributed by atoms with Crippen LogP contribution in [0, 0.1) is 17.1 Å². The highest BCUT2D eigenvalue weighted by Crippen LogP contribution is 2.28. The fraction of sp³-hybridized carbons (Fsp3) is 0. The van der Waals surface area contributed by atoms with Crippen LogP contribution in [0.2, 0.25) is 0 Å². The van der Waals surface area contributed by atoms with Crippen molar-refractivity contribution in [2.24, 2.45) is 0 Å². The first kappa shape index (κ1) is 17.2. The molecule has 0 radical (unpaired) electrons. The van der Waals surface area contributed by atoms with Gasteiger partial charge in [-0.05, 0) is 42.5 Å². The molecule has 2 aromatic heterocycles. The van der Waals surface area contributed by atoms with Crippen molar-refractivity contribution in [3.8, 4) is 17.4 Å². The minimum atomic E-state index is -1.26. The van der Waals surface area contributed by atoms with E-state index in [4.69, 9.17) is 4.42 Å². The molecular formula is C21H12FN3O3. The zero-order valence-electron chi connectivity index (χ0n) is 14.3. The Hall–Kier alpha value is -4.18. The lowest BCUT2D eigenvalue weighted by Crippen LogP contribution is -1.99. The highest BCUT2D eigenvalue weighted by atomic mass is 19.1. The molecule has 28 heavy (non-hydrogen) atoms. The minimum absolute atomic E-state index is 0.206. The lowest BCUT2D eigenvalue weighted by Gasteiger charge is -2.03. The molecule has 0 spiro atoms. The largest absolute Gasteiger partial charge is 0.478 e. The van der Waals surface area contributed by atoms with E-state index in [1.807, 2.05) is 24.3 Å². The summed E-state index contributed by atoms with van der Waals surface area (Å²) < 4.78 is 19.0. The zero-order valence-corrected chi connectivity index (χ0v) is 14.3. The Bertz CT molecular complexity index is 1240. The predicted octanol–water partition coefficient (Wildman–Crippen LogP) is 4.72. The number of aromatic amines is 1. The van der Waals surface area contributed by atoms with E-state index >= 15 is 0 Å². The van der Waals surface area contributed by atoms with Crippen LogP contribution in [0.4, 0.5) is 4.39 Å². The Kier molecular flexibility index (Phi) is 4.22. The molecular weight excluding hydrogens is 361 g/mol. The lowest BCUT2D eigenvalue weighted by atomic mass is 10.1. The van der Waals surface area contributed by atoms with Crippen molar-refractivity contribution >= 4 is 28.7 Å². The van der Waals surface area contributed by atoms with Crippen LogP contribution in [0.25, 0.3) is 34.0 Å². The van der Waals surface area contributed by atoms with E-state index in [1.165, 1.54) is 12.1 Å². The van der Waals surface area contributed by atoms with E-state index in [1.54, 1.807) is 12.1 Å². The number of imidazole rings is 1. The third-order valence-electron chi connectivity index (χ3n) is 4.16. The van der Waals surface area contributed by atoms with Crippen LogP contribution in [0.3, 0.4) is 0 Å². The van der Waals surface area contributed by atoms with Crippen LogP contribution in [0.5, 0.6) is 0 Å². The number of para-hydroxylation sites is 2. The predicted molar refractivity (Wildman–Crippen MR) is 101 cm³/mol. The fourth-order valence-electron chi connectivity index (χ4n) is 2.86. The molecule has 2 aromatic carbocycles.